The molecule has 0 aromatic carbocycles. The van der Waals surface area contributed by atoms with Crippen molar-refractivity contribution in [2.24, 2.45) is 5.92 Å². The summed E-state index contributed by atoms with van der Waals surface area (Å²) < 4.78 is 11.1. The van der Waals surface area contributed by atoms with Crippen molar-refractivity contribution in [3.63, 3.8) is 0 Å². The summed E-state index contributed by atoms with van der Waals surface area (Å²) in [6, 6.07) is 0. The molecule has 1 unspecified atom stereocenters. The van der Waals surface area contributed by atoms with Crippen LogP contribution in [0.25, 0.3) is 0 Å². The van der Waals surface area contributed by atoms with Crippen LogP contribution in [0.3, 0.4) is 0 Å². The molecule has 3 nitrogen and oxygen atoms in total. The fraction of sp³-hybridized carbons (Fsp3) is 1.00. The third-order valence-corrected chi connectivity index (χ3v) is 3.56. The molecule has 15 heavy (non-hydrogen) atoms. The third kappa shape index (κ3) is 3.44. The van der Waals surface area contributed by atoms with Gasteiger partial charge in [-0.15, -0.1) is 0 Å². The van der Waals surface area contributed by atoms with Crippen LogP contribution in [-0.2, 0) is 9.47 Å². The molecule has 0 spiro atoms. The Labute approximate surface area is 92.8 Å². The van der Waals surface area contributed by atoms with E-state index in [0.29, 0.717) is 25.7 Å². The van der Waals surface area contributed by atoms with E-state index in [1.807, 2.05) is 0 Å². The van der Waals surface area contributed by atoms with E-state index < -0.39 is 0 Å². The van der Waals surface area contributed by atoms with E-state index >= 15 is 0 Å². The molecule has 0 radical (unpaired) electrons. The molecular formula is C12H24O3. The molecule has 1 aliphatic carbocycles. The van der Waals surface area contributed by atoms with Crippen molar-refractivity contribution in [3.05, 3.63) is 0 Å². The van der Waals surface area contributed by atoms with Crippen LogP contribution in [0.4, 0.5) is 0 Å². The molecule has 90 valence electrons. The molecule has 1 saturated carbocycles. The van der Waals surface area contributed by atoms with Crippen LogP contribution in [0, 0.1) is 5.92 Å². The molecule has 0 bridgehead atoms. The molecule has 0 aromatic heterocycles. The minimum atomic E-state index is 0.0938. The van der Waals surface area contributed by atoms with E-state index in [2.05, 4.69) is 13.8 Å². The molecule has 1 N–H and O–H groups in total. The minimum absolute atomic E-state index is 0.0938. The van der Waals surface area contributed by atoms with Gasteiger partial charge in [-0.3, -0.25) is 0 Å². The average Bonchev–Trinajstić information content (AvgIpc) is 2.20. The second-order valence-electron chi connectivity index (χ2n) is 4.41. The quantitative estimate of drug-likeness (QED) is 0.631. The Morgan fingerprint density at radius 1 is 1.27 bits per heavy atom. The van der Waals surface area contributed by atoms with Crippen LogP contribution in [0.1, 0.15) is 39.5 Å². The molecule has 0 heterocycles. The smallest absolute Gasteiger partial charge is 0.0709 e. The molecule has 0 saturated heterocycles. The topological polar surface area (TPSA) is 38.7 Å². The first-order valence-electron chi connectivity index (χ1n) is 6.07. The normalized spacial score (nSPS) is 21.0. The lowest BCUT2D eigenvalue weighted by molar-refractivity contribution is -0.146. The Morgan fingerprint density at radius 3 is 2.47 bits per heavy atom. The van der Waals surface area contributed by atoms with Crippen LogP contribution in [-0.4, -0.2) is 37.1 Å². The van der Waals surface area contributed by atoms with Crippen LogP contribution in [0.5, 0.6) is 0 Å². The third-order valence-electron chi connectivity index (χ3n) is 3.56. The summed E-state index contributed by atoms with van der Waals surface area (Å²) >= 11 is 0. The molecule has 1 atom stereocenters. The molecule has 0 aliphatic heterocycles. The molecule has 1 aliphatic rings. The van der Waals surface area contributed by atoms with Gasteiger partial charge in [0.1, 0.15) is 0 Å². The minimum Gasteiger partial charge on any atom is -0.394 e. The monoisotopic (exact) mass is 216 g/mol. The van der Waals surface area contributed by atoms with Crippen molar-refractivity contribution in [1.29, 1.82) is 0 Å². The van der Waals surface area contributed by atoms with Gasteiger partial charge in [-0.25, -0.2) is 0 Å². The van der Waals surface area contributed by atoms with Gasteiger partial charge in [0, 0.05) is 0 Å². The molecular weight excluding hydrogens is 192 g/mol. The largest absolute Gasteiger partial charge is 0.394 e. The number of aliphatic hydroxyl groups excluding tert-OH is 1. The van der Waals surface area contributed by atoms with E-state index in [1.54, 1.807) is 0 Å². The highest BCUT2D eigenvalue weighted by Crippen LogP contribution is 2.42. The first kappa shape index (κ1) is 12.9. The maximum absolute atomic E-state index is 8.54. The number of hydrogen-bond donors (Lipinski definition) is 1. The van der Waals surface area contributed by atoms with Gasteiger partial charge in [0.15, 0.2) is 0 Å². The van der Waals surface area contributed by atoms with Crippen molar-refractivity contribution >= 4 is 0 Å². The van der Waals surface area contributed by atoms with Gasteiger partial charge in [0.2, 0.25) is 0 Å². The van der Waals surface area contributed by atoms with Gasteiger partial charge in [-0.05, 0) is 25.2 Å². The Balaban J connectivity index is 2.16. The number of rotatable bonds is 8. The van der Waals surface area contributed by atoms with Gasteiger partial charge in [-0.2, -0.15) is 0 Å². The maximum atomic E-state index is 8.54. The van der Waals surface area contributed by atoms with Crippen LogP contribution >= 0.6 is 0 Å². The van der Waals surface area contributed by atoms with Crippen molar-refractivity contribution in [3.8, 4) is 0 Å². The van der Waals surface area contributed by atoms with Crippen molar-refractivity contribution in [2.75, 3.05) is 26.4 Å². The van der Waals surface area contributed by atoms with Gasteiger partial charge >= 0.3 is 0 Å². The summed E-state index contributed by atoms with van der Waals surface area (Å²) in [5.41, 5.74) is 0.136. The predicted octanol–water partition coefficient (Wildman–Crippen LogP) is 1.98. The molecule has 3 heteroatoms. The van der Waals surface area contributed by atoms with Crippen molar-refractivity contribution < 1.29 is 14.6 Å². The molecule has 1 rings (SSSR count). The van der Waals surface area contributed by atoms with Crippen molar-refractivity contribution in [1.82, 2.24) is 0 Å². The zero-order chi connectivity index (χ0) is 11.1. The van der Waals surface area contributed by atoms with Crippen LogP contribution < -0.4 is 0 Å². The Bertz CT molecular complexity index is 166. The van der Waals surface area contributed by atoms with Crippen molar-refractivity contribution in [2.45, 2.75) is 45.1 Å². The first-order valence-corrected chi connectivity index (χ1v) is 6.07. The number of hydrogen-bond acceptors (Lipinski definition) is 3. The zero-order valence-corrected chi connectivity index (χ0v) is 10.00. The fourth-order valence-electron chi connectivity index (χ4n) is 2.15. The zero-order valence-electron chi connectivity index (χ0n) is 10.00. The van der Waals surface area contributed by atoms with E-state index in [1.165, 1.54) is 25.7 Å². The lowest BCUT2D eigenvalue weighted by Crippen LogP contribution is -2.46. The van der Waals surface area contributed by atoms with E-state index in [-0.39, 0.29) is 12.2 Å². The summed E-state index contributed by atoms with van der Waals surface area (Å²) in [5.74, 6) is 0.643. The van der Waals surface area contributed by atoms with Gasteiger partial charge < -0.3 is 14.6 Å². The molecule has 1 fully saturated rings. The Kier molecular flexibility index (Phi) is 5.58. The van der Waals surface area contributed by atoms with E-state index in [9.17, 15) is 0 Å². The fourth-order valence-corrected chi connectivity index (χ4v) is 2.15. The lowest BCUT2D eigenvalue weighted by Gasteiger charge is -2.46. The Hall–Kier alpha value is -0.120. The SMILES string of the molecule is CCC(C)C1(OCCOCCO)CCC1. The molecule has 0 aromatic rings. The standard InChI is InChI=1S/C12H24O3/c1-3-11(2)12(5-4-6-12)15-10-9-14-8-7-13/h11,13H,3-10H2,1-2H3. The van der Waals surface area contributed by atoms with Gasteiger partial charge in [0.05, 0.1) is 32.0 Å². The summed E-state index contributed by atoms with van der Waals surface area (Å²) in [7, 11) is 0. The van der Waals surface area contributed by atoms with E-state index in [4.69, 9.17) is 14.6 Å². The first-order chi connectivity index (χ1) is 7.25. The van der Waals surface area contributed by atoms with Crippen LogP contribution in [0.15, 0.2) is 0 Å². The highest BCUT2D eigenvalue weighted by Gasteiger charge is 2.41. The highest BCUT2D eigenvalue weighted by molar-refractivity contribution is 4.93. The van der Waals surface area contributed by atoms with E-state index in [0.717, 1.165) is 0 Å². The van der Waals surface area contributed by atoms with Crippen LogP contribution in [0.2, 0.25) is 0 Å². The predicted molar refractivity (Wildman–Crippen MR) is 59.9 cm³/mol. The number of ether oxygens (including phenoxy) is 2. The molecule has 0 amide bonds. The summed E-state index contributed by atoms with van der Waals surface area (Å²) in [6.07, 6.45) is 4.86. The second-order valence-corrected chi connectivity index (χ2v) is 4.41. The van der Waals surface area contributed by atoms with Gasteiger partial charge in [-0.1, -0.05) is 20.3 Å². The number of aliphatic hydroxyl groups is 1. The lowest BCUT2D eigenvalue weighted by atomic mass is 9.70. The second kappa shape index (κ2) is 6.46. The van der Waals surface area contributed by atoms with Gasteiger partial charge in [0.25, 0.3) is 0 Å². The maximum Gasteiger partial charge on any atom is 0.0709 e. The highest BCUT2D eigenvalue weighted by atomic mass is 16.5. The Morgan fingerprint density at radius 2 is 2.00 bits per heavy atom. The summed E-state index contributed by atoms with van der Waals surface area (Å²) in [4.78, 5) is 0. The summed E-state index contributed by atoms with van der Waals surface area (Å²) in [5, 5.41) is 8.54. The average molecular weight is 216 g/mol. The summed E-state index contributed by atoms with van der Waals surface area (Å²) in [6.45, 7) is 6.25.